The molecule has 0 aromatic carbocycles. The lowest BCUT2D eigenvalue weighted by molar-refractivity contribution is 0.271. The van der Waals surface area contributed by atoms with Crippen molar-refractivity contribution in [2.75, 3.05) is 25.1 Å². The molecule has 4 aromatic rings. The quantitative estimate of drug-likeness (QED) is 0.471. The Kier molecular flexibility index (Phi) is 5.17. The maximum absolute atomic E-state index is 9.14. The highest BCUT2D eigenvalue weighted by atomic mass is 16.5. The van der Waals surface area contributed by atoms with Crippen molar-refractivity contribution in [2.45, 2.75) is 26.3 Å². The normalized spacial score (nSPS) is 12.7. The Morgan fingerprint density at radius 3 is 3.00 bits per heavy atom. The van der Waals surface area contributed by atoms with Crippen molar-refractivity contribution < 1.29 is 9.84 Å². The number of aliphatic hydroxyl groups is 1. The van der Waals surface area contributed by atoms with Crippen LogP contribution in [0.2, 0.25) is 0 Å². The molecule has 2 N–H and O–H groups in total. The fourth-order valence-electron chi connectivity index (χ4n) is 3.89. The predicted molar refractivity (Wildman–Crippen MR) is 116 cm³/mol. The summed E-state index contributed by atoms with van der Waals surface area (Å²) in [6.07, 6.45) is 6.77. The molecule has 0 unspecified atom stereocenters. The summed E-state index contributed by atoms with van der Waals surface area (Å²) in [4.78, 5) is 17.8. The third kappa shape index (κ3) is 3.91. The van der Waals surface area contributed by atoms with E-state index in [1.54, 1.807) is 23.4 Å². The highest BCUT2D eigenvalue weighted by Gasteiger charge is 2.18. The first kappa shape index (κ1) is 19.4. The van der Waals surface area contributed by atoms with Crippen LogP contribution in [0.25, 0.3) is 22.3 Å². The first-order valence-electron chi connectivity index (χ1n) is 10.3. The molecule has 9 heteroatoms. The lowest BCUT2D eigenvalue weighted by Crippen LogP contribution is -2.08. The zero-order valence-electron chi connectivity index (χ0n) is 17.2. The molecule has 1 aliphatic rings. The molecule has 1 aliphatic heterocycles. The largest absolute Gasteiger partial charge is 0.491 e. The molecule has 0 amide bonds. The highest BCUT2D eigenvalue weighted by Crippen LogP contribution is 2.29. The van der Waals surface area contributed by atoms with Crippen LogP contribution in [0.3, 0.4) is 0 Å². The first-order valence-corrected chi connectivity index (χ1v) is 10.3. The zero-order valence-corrected chi connectivity index (χ0v) is 17.2. The third-order valence-corrected chi connectivity index (χ3v) is 5.28. The van der Waals surface area contributed by atoms with Gasteiger partial charge < -0.3 is 15.2 Å². The van der Waals surface area contributed by atoms with Crippen molar-refractivity contribution in [3.8, 4) is 17.0 Å². The predicted octanol–water partition coefficient (Wildman–Crippen LogP) is 2.17. The smallest absolute Gasteiger partial charge is 0.157 e. The fourth-order valence-corrected chi connectivity index (χ4v) is 3.89. The molecule has 4 aromatic heterocycles. The van der Waals surface area contributed by atoms with E-state index in [1.807, 2.05) is 19.1 Å². The Morgan fingerprint density at radius 1 is 1.16 bits per heavy atom. The van der Waals surface area contributed by atoms with Crippen molar-refractivity contribution in [2.24, 2.45) is 0 Å². The fraction of sp³-hybridized carbons (Fsp3) is 0.318. The van der Waals surface area contributed by atoms with Gasteiger partial charge in [0, 0.05) is 41.9 Å². The summed E-state index contributed by atoms with van der Waals surface area (Å²) < 4.78 is 7.46. The van der Waals surface area contributed by atoms with Gasteiger partial charge in [-0.2, -0.15) is 5.10 Å². The molecule has 31 heavy (non-hydrogen) atoms. The van der Waals surface area contributed by atoms with E-state index in [2.05, 4.69) is 36.4 Å². The summed E-state index contributed by atoms with van der Waals surface area (Å²) in [5.74, 6) is 1.70. The Bertz CT molecular complexity index is 1240. The minimum absolute atomic E-state index is 0.0230. The minimum atomic E-state index is 0.0230. The van der Waals surface area contributed by atoms with Crippen LogP contribution in [0.1, 0.15) is 17.0 Å². The van der Waals surface area contributed by atoms with Crippen LogP contribution in [0, 0.1) is 6.92 Å². The van der Waals surface area contributed by atoms with Crippen molar-refractivity contribution in [1.82, 2.24) is 29.7 Å². The Balaban J connectivity index is 1.30. The molecule has 0 saturated heterocycles. The SMILES string of the molecule is Cc1cc(CCNc2cc(-c3cnc4c(cnn4CCO)c3)ncn2)c2c(n1)CCO2. The molecule has 9 nitrogen and oxygen atoms in total. The zero-order chi connectivity index (χ0) is 21.2. The molecule has 0 bridgehead atoms. The van der Waals surface area contributed by atoms with Crippen molar-refractivity contribution in [3.63, 3.8) is 0 Å². The summed E-state index contributed by atoms with van der Waals surface area (Å²) in [6, 6.07) is 6.00. The summed E-state index contributed by atoms with van der Waals surface area (Å²) in [6.45, 7) is 3.89. The van der Waals surface area contributed by atoms with E-state index in [0.717, 1.165) is 64.6 Å². The molecule has 158 valence electrons. The van der Waals surface area contributed by atoms with Gasteiger partial charge in [0.25, 0.3) is 0 Å². The van der Waals surface area contributed by atoms with Gasteiger partial charge >= 0.3 is 0 Å². The molecular formula is C22H23N7O2. The average Bonchev–Trinajstić information content (AvgIpc) is 3.41. The molecule has 5 rings (SSSR count). The van der Waals surface area contributed by atoms with Crippen LogP contribution in [0.5, 0.6) is 5.75 Å². The van der Waals surface area contributed by atoms with Crippen molar-refractivity contribution >= 4 is 16.9 Å². The van der Waals surface area contributed by atoms with Crippen LogP contribution < -0.4 is 10.1 Å². The molecule has 0 spiro atoms. The van der Waals surface area contributed by atoms with Gasteiger partial charge in [-0.15, -0.1) is 0 Å². The van der Waals surface area contributed by atoms with Gasteiger partial charge in [-0.05, 0) is 31.0 Å². The molecule has 0 radical (unpaired) electrons. The van der Waals surface area contributed by atoms with E-state index < -0.39 is 0 Å². The summed E-state index contributed by atoms with van der Waals surface area (Å²) in [7, 11) is 0. The van der Waals surface area contributed by atoms with E-state index in [-0.39, 0.29) is 6.61 Å². The number of hydrogen-bond donors (Lipinski definition) is 2. The minimum Gasteiger partial charge on any atom is -0.491 e. The van der Waals surface area contributed by atoms with Gasteiger partial charge in [-0.1, -0.05) is 0 Å². The second kappa shape index (κ2) is 8.27. The molecule has 0 saturated carbocycles. The number of ether oxygens (including phenoxy) is 1. The van der Waals surface area contributed by atoms with Crippen molar-refractivity contribution in [3.05, 3.63) is 53.9 Å². The van der Waals surface area contributed by atoms with Crippen LogP contribution in [0.15, 0.2) is 36.9 Å². The number of aromatic nitrogens is 6. The van der Waals surface area contributed by atoms with E-state index in [1.165, 1.54) is 5.56 Å². The standard InChI is InChI=1S/C22H23N7O2/c1-14-8-15(21-18(28-14)3-7-31-21)2-4-23-20-10-19(25-13-26-20)16-9-17-12-27-29(5-6-30)22(17)24-11-16/h8-13,30H,2-7H2,1H3,(H,23,25,26). The van der Waals surface area contributed by atoms with Gasteiger partial charge in [-0.3, -0.25) is 4.98 Å². The number of rotatable bonds is 7. The van der Waals surface area contributed by atoms with Gasteiger partial charge in [0.2, 0.25) is 0 Å². The Morgan fingerprint density at radius 2 is 2.10 bits per heavy atom. The first-order chi connectivity index (χ1) is 15.2. The second-order valence-electron chi connectivity index (χ2n) is 7.49. The topological polar surface area (TPSA) is 111 Å². The van der Waals surface area contributed by atoms with Crippen LogP contribution in [0.4, 0.5) is 5.82 Å². The number of hydrogen-bond acceptors (Lipinski definition) is 8. The molecular weight excluding hydrogens is 394 g/mol. The molecule has 5 heterocycles. The number of aryl methyl sites for hydroxylation is 1. The van der Waals surface area contributed by atoms with Gasteiger partial charge in [0.05, 0.1) is 37.3 Å². The Labute approximate surface area is 179 Å². The lowest BCUT2D eigenvalue weighted by Gasteiger charge is -2.10. The maximum Gasteiger partial charge on any atom is 0.157 e. The van der Waals surface area contributed by atoms with Gasteiger partial charge in [-0.25, -0.2) is 19.6 Å². The number of nitrogens with one attached hydrogen (secondary N) is 1. The second-order valence-corrected chi connectivity index (χ2v) is 7.49. The van der Waals surface area contributed by atoms with E-state index in [4.69, 9.17) is 9.84 Å². The van der Waals surface area contributed by atoms with Gasteiger partial charge in [0.1, 0.15) is 17.9 Å². The monoisotopic (exact) mass is 417 g/mol. The third-order valence-electron chi connectivity index (χ3n) is 5.28. The van der Waals surface area contributed by atoms with E-state index in [9.17, 15) is 0 Å². The van der Waals surface area contributed by atoms with Crippen molar-refractivity contribution in [1.29, 1.82) is 0 Å². The number of pyridine rings is 2. The summed E-state index contributed by atoms with van der Waals surface area (Å²) >= 11 is 0. The average molecular weight is 417 g/mol. The van der Waals surface area contributed by atoms with E-state index in [0.29, 0.717) is 13.2 Å². The van der Waals surface area contributed by atoms with Crippen LogP contribution >= 0.6 is 0 Å². The number of fused-ring (bicyclic) bond motifs is 2. The summed E-state index contributed by atoms with van der Waals surface area (Å²) in [5, 5.41) is 17.7. The molecule has 0 aliphatic carbocycles. The highest BCUT2D eigenvalue weighted by molar-refractivity contribution is 5.80. The van der Waals surface area contributed by atoms with Crippen LogP contribution in [-0.4, -0.2) is 54.6 Å². The van der Waals surface area contributed by atoms with Crippen LogP contribution in [-0.2, 0) is 19.4 Å². The van der Waals surface area contributed by atoms with E-state index >= 15 is 0 Å². The number of aliphatic hydroxyl groups excluding tert-OH is 1. The Hall–Kier alpha value is -3.59. The molecule has 0 atom stereocenters. The summed E-state index contributed by atoms with van der Waals surface area (Å²) in [5.41, 5.74) is 5.67. The lowest BCUT2D eigenvalue weighted by atomic mass is 10.1. The maximum atomic E-state index is 9.14. The van der Waals surface area contributed by atoms with Gasteiger partial charge in [0.15, 0.2) is 5.65 Å². The number of nitrogens with zero attached hydrogens (tertiary/aromatic N) is 6. The number of anilines is 1. The molecule has 0 fully saturated rings.